The summed E-state index contributed by atoms with van der Waals surface area (Å²) in [6, 6.07) is 0. The number of hydrogen-bond acceptors (Lipinski definition) is 4. The van der Waals surface area contributed by atoms with Crippen LogP contribution in [-0.4, -0.2) is 53.4 Å². The van der Waals surface area contributed by atoms with Gasteiger partial charge >= 0.3 is 0 Å². The SMILES string of the molecule is Cc1nc(CCN2CCCC2)sc1C(=O)N1CCCCC1. The van der Waals surface area contributed by atoms with Gasteiger partial charge < -0.3 is 9.80 Å². The fourth-order valence-corrected chi connectivity index (χ4v) is 4.28. The molecule has 116 valence electrons. The molecule has 2 saturated heterocycles. The number of thiazole rings is 1. The van der Waals surface area contributed by atoms with Crippen molar-refractivity contribution in [3.63, 3.8) is 0 Å². The van der Waals surface area contributed by atoms with Crippen molar-refractivity contribution in [1.29, 1.82) is 0 Å². The predicted molar refractivity (Wildman–Crippen MR) is 86.0 cm³/mol. The number of carbonyl (C=O) groups is 1. The van der Waals surface area contributed by atoms with Crippen LogP contribution in [0.3, 0.4) is 0 Å². The van der Waals surface area contributed by atoms with Crippen LogP contribution in [0.25, 0.3) is 0 Å². The smallest absolute Gasteiger partial charge is 0.265 e. The lowest BCUT2D eigenvalue weighted by atomic mass is 10.1. The molecule has 2 aliphatic rings. The van der Waals surface area contributed by atoms with E-state index in [4.69, 9.17) is 0 Å². The molecule has 4 nitrogen and oxygen atoms in total. The maximum Gasteiger partial charge on any atom is 0.265 e. The van der Waals surface area contributed by atoms with Crippen molar-refractivity contribution >= 4 is 17.2 Å². The first-order chi connectivity index (χ1) is 10.2. The van der Waals surface area contributed by atoms with Crippen LogP contribution in [0.1, 0.15) is 52.5 Å². The fourth-order valence-electron chi connectivity index (χ4n) is 3.26. The number of rotatable bonds is 4. The molecule has 2 fully saturated rings. The Hall–Kier alpha value is -0.940. The van der Waals surface area contributed by atoms with Gasteiger partial charge in [0.25, 0.3) is 5.91 Å². The molecule has 0 aliphatic carbocycles. The molecule has 1 amide bonds. The molecule has 3 rings (SSSR count). The van der Waals surface area contributed by atoms with Crippen LogP contribution in [0.2, 0.25) is 0 Å². The van der Waals surface area contributed by atoms with Gasteiger partial charge in [-0.2, -0.15) is 0 Å². The van der Waals surface area contributed by atoms with Crippen molar-refractivity contribution in [3.05, 3.63) is 15.6 Å². The maximum absolute atomic E-state index is 12.6. The van der Waals surface area contributed by atoms with Gasteiger partial charge in [-0.25, -0.2) is 4.98 Å². The summed E-state index contributed by atoms with van der Waals surface area (Å²) in [5.74, 6) is 0.206. The second kappa shape index (κ2) is 6.88. The first kappa shape index (κ1) is 15.0. The Morgan fingerprint density at radius 2 is 1.76 bits per heavy atom. The average Bonchev–Trinajstić information content (AvgIpc) is 3.15. The van der Waals surface area contributed by atoms with Gasteiger partial charge in [0.1, 0.15) is 4.88 Å². The van der Waals surface area contributed by atoms with E-state index in [1.807, 2.05) is 11.8 Å². The molecule has 0 saturated carbocycles. The Labute approximate surface area is 131 Å². The van der Waals surface area contributed by atoms with E-state index in [-0.39, 0.29) is 5.91 Å². The summed E-state index contributed by atoms with van der Waals surface area (Å²) in [7, 11) is 0. The second-order valence-electron chi connectivity index (χ2n) is 6.17. The normalized spacial score (nSPS) is 20.1. The fraction of sp³-hybridized carbons (Fsp3) is 0.750. The van der Waals surface area contributed by atoms with Crippen LogP contribution in [0, 0.1) is 6.92 Å². The number of aromatic nitrogens is 1. The third-order valence-corrected chi connectivity index (χ3v) is 5.72. The average molecular weight is 307 g/mol. The Morgan fingerprint density at radius 1 is 1.10 bits per heavy atom. The third-order valence-electron chi connectivity index (χ3n) is 4.52. The van der Waals surface area contributed by atoms with E-state index >= 15 is 0 Å². The molecule has 1 aromatic rings. The van der Waals surface area contributed by atoms with Crippen molar-refractivity contribution in [2.24, 2.45) is 0 Å². The van der Waals surface area contributed by atoms with E-state index in [1.54, 1.807) is 11.3 Å². The Balaban J connectivity index is 1.61. The Bertz CT molecular complexity index is 488. The van der Waals surface area contributed by atoms with Gasteiger partial charge in [0.2, 0.25) is 0 Å². The second-order valence-corrected chi connectivity index (χ2v) is 7.26. The highest BCUT2D eigenvalue weighted by atomic mass is 32.1. The quantitative estimate of drug-likeness (QED) is 0.858. The van der Waals surface area contributed by atoms with Crippen molar-refractivity contribution in [2.45, 2.75) is 45.4 Å². The van der Waals surface area contributed by atoms with Crippen LogP contribution < -0.4 is 0 Å². The van der Waals surface area contributed by atoms with E-state index in [0.29, 0.717) is 0 Å². The van der Waals surface area contributed by atoms with Crippen LogP contribution >= 0.6 is 11.3 Å². The van der Waals surface area contributed by atoms with Gasteiger partial charge in [-0.3, -0.25) is 4.79 Å². The monoisotopic (exact) mass is 307 g/mol. The molecule has 0 bridgehead atoms. The lowest BCUT2D eigenvalue weighted by Crippen LogP contribution is -2.35. The van der Waals surface area contributed by atoms with Crippen LogP contribution in [0.4, 0.5) is 0 Å². The molecule has 0 N–H and O–H groups in total. The summed E-state index contributed by atoms with van der Waals surface area (Å²) in [4.78, 5) is 22.6. The zero-order valence-electron chi connectivity index (χ0n) is 12.9. The van der Waals surface area contributed by atoms with Crippen molar-refractivity contribution in [2.75, 3.05) is 32.7 Å². The Morgan fingerprint density at radius 3 is 2.48 bits per heavy atom. The van der Waals surface area contributed by atoms with E-state index < -0.39 is 0 Å². The van der Waals surface area contributed by atoms with E-state index in [1.165, 1.54) is 32.4 Å². The molecular formula is C16H25N3OS. The number of carbonyl (C=O) groups excluding carboxylic acids is 1. The molecule has 0 spiro atoms. The number of aryl methyl sites for hydroxylation is 1. The highest BCUT2D eigenvalue weighted by molar-refractivity contribution is 7.13. The highest BCUT2D eigenvalue weighted by Gasteiger charge is 2.23. The van der Waals surface area contributed by atoms with Crippen molar-refractivity contribution < 1.29 is 4.79 Å². The zero-order chi connectivity index (χ0) is 14.7. The molecule has 5 heteroatoms. The maximum atomic E-state index is 12.6. The minimum absolute atomic E-state index is 0.206. The largest absolute Gasteiger partial charge is 0.338 e. The molecule has 0 radical (unpaired) electrons. The number of likely N-dealkylation sites (tertiary alicyclic amines) is 2. The van der Waals surface area contributed by atoms with E-state index in [0.717, 1.165) is 54.5 Å². The highest BCUT2D eigenvalue weighted by Crippen LogP contribution is 2.23. The molecule has 0 atom stereocenters. The van der Waals surface area contributed by atoms with Gasteiger partial charge in [0.15, 0.2) is 0 Å². The molecule has 0 unspecified atom stereocenters. The third kappa shape index (κ3) is 3.64. The number of amides is 1. The summed E-state index contributed by atoms with van der Waals surface area (Å²) in [5.41, 5.74) is 0.923. The van der Waals surface area contributed by atoms with Gasteiger partial charge in [-0.05, 0) is 52.1 Å². The van der Waals surface area contributed by atoms with Crippen molar-refractivity contribution in [3.8, 4) is 0 Å². The minimum atomic E-state index is 0.206. The number of hydrogen-bond donors (Lipinski definition) is 0. The topological polar surface area (TPSA) is 36.4 Å². The molecule has 21 heavy (non-hydrogen) atoms. The summed E-state index contributed by atoms with van der Waals surface area (Å²) in [6.07, 6.45) is 7.19. The lowest BCUT2D eigenvalue weighted by Gasteiger charge is -2.26. The van der Waals surface area contributed by atoms with Crippen molar-refractivity contribution in [1.82, 2.24) is 14.8 Å². The number of nitrogens with zero attached hydrogens (tertiary/aromatic N) is 3. The summed E-state index contributed by atoms with van der Waals surface area (Å²) in [6.45, 7) is 7.35. The van der Waals surface area contributed by atoms with Gasteiger partial charge in [-0.15, -0.1) is 11.3 Å². The minimum Gasteiger partial charge on any atom is -0.338 e. The molecule has 2 aliphatic heterocycles. The van der Waals surface area contributed by atoms with E-state index in [9.17, 15) is 4.79 Å². The lowest BCUT2D eigenvalue weighted by molar-refractivity contribution is 0.0728. The first-order valence-electron chi connectivity index (χ1n) is 8.22. The summed E-state index contributed by atoms with van der Waals surface area (Å²) >= 11 is 1.62. The summed E-state index contributed by atoms with van der Waals surface area (Å²) < 4.78 is 0. The molecule has 1 aromatic heterocycles. The zero-order valence-corrected chi connectivity index (χ0v) is 13.8. The van der Waals surface area contributed by atoms with E-state index in [2.05, 4.69) is 9.88 Å². The molecule has 0 aromatic carbocycles. The molecular weight excluding hydrogens is 282 g/mol. The van der Waals surface area contributed by atoms with Gasteiger partial charge in [0.05, 0.1) is 10.7 Å². The first-order valence-corrected chi connectivity index (χ1v) is 9.03. The van der Waals surface area contributed by atoms with Gasteiger partial charge in [-0.1, -0.05) is 0 Å². The summed E-state index contributed by atoms with van der Waals surface area (Å²) in [5, 5.41) is 1.12. The number of piperidine rings is 1. The standard InChI is InChI=1S/C16H25N3OS/c1-13-15(16(20)19-10-3-2-4-11-19)21-14(17-13)7-12-18-8-5-6-9-18/h2-12H2,1H3. The van der Waals surface area contributed by atoms with Crippen LogP contribution in [-0.2, 0) is 6.42 Å². The van der Waals surface area contributed by atoms with Crippen LogP contribution in [0.15, 0.2) is 0 Å². The van der Waals surface area contributed by atoms with Crippen LogP contribution in [0.5, 0.6) is 0 Å². The molecule has 3 heterocycles. The Kier molecular flexibility index (Phi) is 4.91. The predicted octanol–water partition coefficient (Wildman–Crippen LogP) is 2.72. The van der Waals surface area contributed by atoms with Gasteiger partial charge in [0, 0.05) is 26.1 Å².